The van der Waals surface area contributed by atoms with Crippen LogP contribution in [0.5, 0.6) is 0 Å². The molecule has 6 nitrogen and oxygen atoms in total. The van der Waals surface area contributed by atoms with Crippen molar-refractivity contribution in [3.8, 4) is 0 Å². The standard InChI is InChI=1S/C17H21N3O3S/c1-5-15-10(2)8-16(24-15)11(3)19-13-7-6-12(17(21)18-4)9-14(13)20(22)23/h6-9,11,19H,5H2,1-4H3,(H,18,21). The first-order chi connectivity index (χ1) is 11.4. The Kier molecular flexibility index (Phi) is 5.56. The van der Waals surface area contributed by atoms with E-state index in [4.69, 9.17) is 0 Å². The normalized spacial score (nSPS) is 11.8. The van der Waals surface area contributed by atoms with Gasteiger partial charge in [-0.1, -0.05) is 6.92 Å². The maximum atomic E-state index is 11.7. The molecule has 0 aliphatic heterocycles. The van der Waals surface area contributed by atoms with E-state index >= 15 is 0 Å². The molecule has 1 heterocycles. The fourth-order valence-corrected chi connectivity index (χ4v) is 3.63. The first-order valence-electron chi connectivity index (χ1n) is 7.73. The van der Waals surface area contributed by atoms with Crippen molar-refractivity contribution in [2.45, 2.75) is 33.2 Å². The Morgan fingerprint density at radius 2 is 2.08 bits per heavy atom. The summed E-state index contributed by atoms with van der Waals surface area (Å²) in [5.74, 6) is -0.348. The number of hydrogen-bond donors (Lipinski definition) is 2. The van der Waals surface area contributed by atoms with Crippen molar-refractivity contribution in [2.75, 3.05) is 12.4 Å². The Bertz CT molecular complexity index is 770. The second kappa shape index (κ2) is 7.44. The summed E-state index contributed by atoms with van der Waals surface area (Å²) in [6.45, 7) is 6.16. The van der Waals surface area contributed by atoms with Crippen molar-refractivity contribution in [2.24, 2.45) is 0 Å². The van der Waals surface area contributed by atoms with Gasteiger partial charge in [0.15, 0.2) is 0 Å². The van der Waals surface area contributed by atoms with E-state index in [0.717, 1.165) is 11.3 Å². The van der Waals surface area contributed by atoms with Crippen molar-refractivity contribution >= 4 is 28.6 Å². The van der Waals surface area contributed by atoms with E-state index in [0.29, 0.717) is 5.69 Å². The van der Waals surface area contributed by atoms with E-state index in [1.54, 1.807) is 23.5 Å². The maximum Gasteiger partial charge on any atom is 0.293 e. The third-order valence-corrected chi connectivity index (χ3v) is 5.41. The second-order valence-corrected chi connectivity index (χ2v) is 6.71. The van der Waals surface area contributed by atoms with Crippen molar-refractivity contribution in [1.29, 1.82) is 0 Å². The lowest BCUT2D eigenvalue weighted by molar-refractivity contribution is -0.384. The third kappa shape index (κ3) is 3.73. The number of thiophene rings is 1. The van der Waals surface area contributed by atoms with Crippen molar-refractivity contribution in [3.63, 3.8) is 0 Å². The Balaban J connectivity index is 2.30. The predicted molar refractivity (Wildman–Crippen MR) is 97.0 cm³/mol. The first kappa shape index (κ1) is 17.9. The summed E-state index contributed by atoms with van der Waals surface area (Å²) in [6, 6.07) is 6.52. The predicted octanol–water partition coefficient (Wildman–Crippen LogP) is 4.06. The quantitative estimate of drug-likeness (QED) is 0.609. The molecule has 1 unspecified atom stereocenters. The molecule has 2 rings (SSSR count). The van der Waals surface area contributed by atoms with Gasteiger partial charge in [0, 0.05) is 28.4 Å². The minimum Gasteiger partial charge on any atom is -0.372 e. The van der Waals surface area contributed by atoms with Gasteiger partial charge in [-0.2, -0.15) is 0 Å². The molecule has 1 aromatic carbocycles. The van der Waals surface area contributed by atoms with E-state index in [1.807, 2.05) is 6.92 Å². The van der Waals surface area contributed by atoms with Gasteiger partial charge in [-0.25, -0.2) is 0 Å². The summed E-state index contributed by atoms with van der Waals surface area (Å²) in [7, 11) is 1.49. The number of amides is 1. The molecule has 0 spiro atoms. The zero-order valence-electron chi connectivity index (χ0n) is 14.2. The van der Waals surface area contributed by atoms with Gasteiger partial charge in [-0.3, -0.25) is 14.9 Å². The highest BCUT2D eigenvalue weighted by molar-refractivity contribution is 7.12. The molecule has 2 N–H and O–H groups in total. The van der Waals surface area contributed by atoms with Crippen molar-refractivity contribution < 1.29 is 9.72 Å². The number of anilines is 1. The SMILES string of the molecule is CCc1sc(C(C)Nc2ccc(C(=O)NC)cc2[N+](=O)[O-])cc1C. The molecule has 1 amide bonds. The molecule has 0 saturated carbocycles. The molecule has 2 aromatic rings. The zero-order valence-corrected chi connectivity index (χ0v) is 15.0. The number of benzene rings is 1. The lowest BCUT2D eigenvalue weighted by atomic mass is 10.1. The molecule has 0 saturated heterocycles. The molecule has 0 bridgehead atoms. The lowest BCUT2D eigenvalue weighted by Crippen LogP contribution is -2.18. The van der Waals surface area contributed by atoms with Crippen LogP contribution in [0.1, 0.15) is 45.6 Å². The highest BCUT2D eigenvalue weighted by Crippen LogP contribution is 2.33. The van der Waals surface area contributed by atoms with E-state index < -0.39 is 4.92 Å². The van der Waals surface area contributed by atoms with Gasteiger partial charge < -0.3 is 10.6 Å². The van der Waals surface area contributed by atoms with Crippen LogP contribution in [0.3, 0.4) is 0 Å². The summed E-state index contributed by atoms with van der Waals surface area (Å²) < 4.78 is 0. The number of nitro groups is 1. The summed E-state index contributed by atoms with van der Waals surface area (Å²) in [6.07, 6.45) is 0.976. The Labute approximate surface area is 145 Å². The molecule has 0 radical (unpaired) electrons. The van der Waals surface area contributed by atoms with Crippen LogP contribution in [-0.2, 0) is 6.42 Å². The van der Waals surface area contributed by atoms with Crippen molar-refractivity contribution in [1.82, 2.24) is 5.32 Å². The van der Waals surface area contributed by atoms with E-state index in [2.05, 4.69) is 30.5 Å². The number of nitrogens with zero attached hydrogens (tertiary/aromatic N) is 1. The number of carbonyl (C=O) groups excluding carboxylic acids is 1. The fourth-order valence-electron chi connectivity index (χ4n) is 2.51. The van der Waals surface area contributed by atoms with Gasteiger partial charge in [0.1, 0.15) is 5.69 Å². The molecule has 1 aromatic heterocycles. The summed E-state index contributed by atoms with van der Waals surface area (Å²) in [4.78, 5) is 25.0. The average Bonchev–Trinajstić information content (AvgIpc) is 2.95. The van der Waals surface area contributed by atoms with Crippen LogP contribution in [0.2, 0.25) is 0 Å². The molecule has 24 heavy (non-hydrogen) atoms. The number of nitro benzene ring substituents is 1. The molecule has 0 aliphatic rings. The number of aryl methyl sites for hydroxylation is 2. The van der Waals surface area contributed by atoms with Gasteiger partial charge in [0.05, 0.1) is 11.0 Å². The number of hydrogen-bond acceptors (Lipinski definition) is 5. The Morgan fingerprint density at radius 3 is 2.62 bits per heavy atom. The highest BCUT2D eigenvalue weighted by Gasteiger charge is 2.20. The van der Waals surface area contributed by atoms with E-state index in [9.17, 15) is 14.9 Å². The topological polar surface area (TPSA) is 84.3 Å². The number of carbonyl (C=O) groups is 1. The molecule has 7 heteroatoms. The molecule has 128 valence electrons. The number of nitrogens with one attached hydrogen (secondary N) is 2. The smallest absolute Gasteiger partial charge is 0.293 e. The fraction of sp³-hybridized carbons (Fsp3) is 0.353. The van der Waals surface area contributed by atoms with Crippen LogP contribution >= 0.6 is 11.3 Å². The average molecular weight is 347 g/mol. The van der Waals surface area contributed by atoms with Gasteiger partial charge in [-0.05, 0) is 44.0 Å². The van der Waals surface area contributed by atoms with E-state index in [-0.39, 0.29) is 23.2 Å². The molecule has 1 atom stereocenters. The second-order valence-electron chi connectivity index (χ2n) is 5.54. The maximum absolute atomic E-state index is 11.7. The minimum atomic E-state index is -0.474. The monoisotopic (exact) mass is 347 g/mol. The number of rotatable bonds is 6. The summed E-state index contributed by atoms with van der Waals surface area (Å²) >= 11 is 1.72. The van der Waals surface area contributed by atoms with Crippen LogP contribution in [0.15, 0.2) is 24.3 Å². The minimum absolute atomic E-state index is 0.0569. The van der Waals surface area contributed by atoms with Crippen LogP contribution in [0.4, 0.5) is 11.4 Å². The summed E-state index contributed by atoms with van der Waals surface area (Å²) in [5, 5.41) is 17.0. The van der Waals surface area contributed by atoms with E-state index in [1.165, 1.54) is 23.6 Å². The van der Waals surface area contributed by atoms with Crippen molar-refractivity contribution in [3.05, 3.63) is 55.3 Å². The van der Waals surface area contributed by atoms with Crippen LogP contribution < -0.4 is 10.6 Å². The largest absolute Gasteiger partial charge is 0.372 e. The van der Waals surface area contributed by atoms with Gasteiger partial charge >= 0.3 is 0 Å². The third-order valence-electron chi connectivity index (χ3n) is 3.84. The van der Waals surface area contributed by atoms with Crippen LogP contribution in [0, 0.1) is 17.0 Å². The van der Waals surface area contributed by atoms with Gasteiger partial charge in [0.25, 0.3) is 11.6 Å². The van der Waals surface area contributed by atoms with Crippen LogP contribution in [0.25, 0.3) is 0 Å². The molecular formula is C17H21N3O3S. The Morgan fingerprint density at radius 1 is 1.38 bits per heavy atom. The molecule has 0 aliphatic carbocycles. The zero-order chi connectivity index (χ0) is 17.9. The summed E-state index contributed by atoms with van der Waals surface area (Å²) in [5.41, 5.74) is 1.81. The van der Waals surface area contributed by atoms with Crippen LogP contribution in [-0.4, -0.2) is 17.9 Å². The first-order valence-corrected chi connectivity index (χ1v) is 8.55. The molecular weight excluding hydrogens is 326 g/mol. The molecule has 0 fully saturated rings. The lowest BCUT2D eigenvalue weighted by Gasteiger charge is -2.14. The van der Waals surface area contributed by atoms with Gasteiger partial charge in [0.2, 0.25) is 0 Å². The van der Waals surface area contributed by atoms with Gasteiger partial charge in [-0.15, -0.1) is 11.3 Å². The highest BCUT2D eigenvalue weighted by atomic mass is 32.1. The Hall–Kier alpha value is -2.41.